The Morgan fingerprint density at radius 1 is 1.00 bits per heavy atom. The zero-order chi connectivity index (χ0) is 11.6. The van der Waals surface area contributed by atoms with Crippen LogP contribution in [0.1, 0.15) is 64.7 Å². The van der Waals surface area contributed by atoms with Crippen molar-refractivity contribution >= 4 is 5.91 Å². The number of carbonyl (C=O) groups is 1. The Morgan fingerprint density at radius 2 is 1.50 bits per heavy atom. The van der Waals surface area contributed by atoms with Gasteiger partial charge < -0.3 is 11.1 Å². The SMILES string of the molecule is CC1(NC(=O)C2(N)CCCC2)CCCCC1. The van der Waals surface area contributed by atoms with Crippen LogP contribution in [0, 0.1) is 0 Å². The van der Waals surface area contributed by atoms with Crippen molar-refractivity contribution in [2.24, 2.45) is 5.73 Å². The summed E-state index contributed by atoms with van der Waals surface area (Å²) >= 11 is 0. The fourth-order valence-corrected chi connectivity index (χ4v) is 3.09. The van der Waals surface area contributed by atoms with Gasteiger partial charge in [-0.05, 0) is 32.6 Å². The molecule has 0 spiro atoms. The quantitative estimate of drug-likeness (QED) is 0.754. The van der Waals surface area contributed by atoms with Gasteiger partial charge in [-0.1, -0.05) is 32.1 Å². The third-order valence-corrected chi connectivity index (χ3v) is 4.32. The molecule has 0 aromatic heterocycles. The Balaban J connectivity index is 1.95. The molecule has 3 heteroatoms. The van der Waals surface area contributed by atoms with Crippen molar-refractivity contribution in [1.29, 1.82) is 0 Å². The van der Waals surface area contributed by atoms with E-state index in [1.807, 2.05) is 0 Å². The minimum atomic E-state index is -0.569. The molecule has 0 bridgehead atoms. The van der Waals surface area contributed by atoms with Gasteiger partial charge in [0.05, 0.1) is 5.54 Å². The summed E-state index contributed by atoms with van der Waals surface area (Å²) in [4.78, 5) is 12.2. The molecule has 0 heterocycles. The van der Waals surface area contributed by atoms with Crippen molar-refractivity contribution < 1.29 is 4.79 Å². The molecule has 1 amide bonds. The number of rotatable bonds is 2. The highest BCUT2D eigenvalue weighted by molar-refractivity contribution is 5.87. The van der Waals surface area contributed by atoms with Crippen LogP contribution in [0.15, 0.2) is 0 Å². The first kappa shape index (κ1) is 11.9. The van der Waals surface area contributed by atoms with Crippen molar-refractivity contribution in [1.82, 2.24) is 5.32 Å². The average Bonchev–Trinajstić information content (AvgIpc) is 2.67. The number of carbonyl (C=O) groups excluding carboxylic acids is 1. The Labute approximate surface area is 98.2 Å². The van der Waals surface area contributed by atoms with Gasteiger partial charge in [0.1, 0.15) is 0 Å². The molecule has 0 aliphatic heterocycles. The molecule has 0 radical (unpaired) electrons. The van der Waals surface area contributed by atoms with E-state index >= 15 is 0 Å². The van der Waals surface area contributed by atoms with Crippen LogP contribution in [0.4, 0.5) is 0 Å². The van der Waals surface area contributed by atoms with E-state index in [0.717, 1.165) is 38.5 Å². The second-order valence-corrected chi connectivity index (χ2v) is 5.94. The molecule has 2 saturated carbocycles. The second kappa shape index (κ2) is 4.36. The summed E-state index contributed by atoms with van der Waals surface area (Å²) in [5.41, 5.74) is 5.60. The van der Waals surface area contributed by atoms with Crippen LogP contribution in [0.5, 0.6) is 0 Å². The van der Waals surface area contributed by atoms with Gasteiger partial charge in [-0.2, -0.15) is 0 Å². The molecule has 0 aromatic rings. The van der Waals surface area contributed by atoms with E-state index in [2.05, 4.69) is 12.2 Å². The average molecular weight is 224 g/mol. The van der Waals surface area contributed by atoms with Gasteiger partial charge in [-0.25, -0.2) is 0 Å². The van der Waals surface area contributed by atoms with E-state index in [9.17, 15) is 4.79 Å². The van der Waals surface area contributed by atoms with Crippen molar-refractivity contribution in [2.45, 2.75) is 75.8 Å². The molecule has 0 saturated heterocycles. The minimum absolute atomic E-state index is 0.00426. The summed E-state index contributed by atoms with van der Waals surface area (Å²) < 4.78 is 0. The topological polar surface area (TPSA) is 55.1 Å². The van der Waals surface area contributed by atoms with Crippen LogP contribution in [0.2, 0.25) is 0 Å². The Bertz CT molecular complexity index is 263. The minimum Gasteiger partial charge on any atom is -0.349 e. The first-order chi connectivity index (χ1) is 7.54. The number of hydrogen-bond acceptors (Lipinski definition) is 2. The molecular weight excluding hydrogens is 200 g/mol. The summed E-state index contributed by atoms with van der Waals surface area (Å²) in [7, 11) is 0. The number of nitrogens with two attached hydrogens (primary N) is 1. The highest BCUT2D eigenvalue weighted by Gasteiger charge is 2.40. The molecule has 16 heavy (non-hydrogen) atoms. The molecule has 2 rings (SSSR count). The van der Waals surface area contributed by atoms with Crippen LogP contribution in [0.3, 0.4) is 0 Å². The zero-order valence-electron chi connectivity index (χ0n) is 10.3. The standard InChI is InChI=1S/C13H24N2O/c1-12(7-3-2-4-8-12)15-11(16)13(14)9-5-6-10-13/h2-10,14H2,1H3,(H,15,16). The van der Waals surface area contributed by atoms with Crippen molar-refractivity contribution in [3.8, 4) is 0 Å². The van der Waals surface area contributed by atoms with Crippen molar-refractivity contribution in [2.75, 3.05) is 0 Å². The Kier molecular flexibility index (Phi) is 3.24. The van der Waals surface area contributed by atoms with Gasteiger partial charge in [0.15, 0.2) is 0 Å². The van der Waals surface area contributed by atoms with E-state index < -0.39 is 5.54 Å². The fourth-order valence-electron chi connectivity index (χ4n) is 3.09. The van der Waals surface area contributed by atoms with E-state index in [1.54, 1.807) is 0 Å². The Morgan fingerprint density at radius 3 is 2.06 bits per heavy atom. The highest BCUT2D eigenvalue weighted by Crippen LogP contribution is 2.31. The molecule has 2 fully saturated rings. The fraction of sp³-hybridized carbons (Fsp3) is 0.923. The monoisotopic (exact) mass is 224 g/mol. The van der Waals surface area contributed by atoms with E-state index in [4.69, 9.17) is 5.73 Å². The first-order valence-electron chi connectivity index (χ1n) is 6.66. The molecule has 2 aliphatic rings. The second-order valence-electron chi connectivity index (χ2n) is 5.94. The maximum Gasteiger partial charge on any atom is 0.240 e. The number of hydrogen-bond donors (Lipinski definition) is 2. The summed E-state index contributed by atoms with van der Waals surface area (Å²) in [5, 5.41) is 3.21. The Hall–Kier alpha value is -0.570. The molecule has 2 aliphatic carbocycles. The normalized spacial score (nSPS) is 27.6. The van der Waals surface area contributed by atoms with Gasteiger partial charge in [0.25, 0.3) is 0 Å². The van der Waals surface area contributed by atoms with Crippen molar-refractivity contribution in [3.63, 3.8) is 0 Å². The van der Waals surface area contributed by atoms with E-state index in [0.29, 0.717) is 0 Å². The first-order valence-corrected chi connectivity index (χ1v) is 6.66. The molecule has 3 N–H and O–H groups in total. The van der Waals surface area contributed by atoms with Crippen molar-refractivity contribution in [3.05, 3.63) is 0 Å². The summed E-state index contributed by atoms with van der Waals surface area (Å²) in [6, 6.07) is 0. The van der Waals surface area contributed by atoms with Gasteiger partial charge in [-0.15, -0.1) is 0 Å². The molecule has 3 nitrogen and oxygen atoms in total. The number of nitrogens with one attached hydrogen (secondary N) is 1. The predicted octanol–water partition coefficient (Wildman–Crippen LogP) is 2.10. The maximum absolute atomic E-state index is 12.2. The van der Waals surface area contributed by atoms with E-state index in [-0.39, 0.29) is 11.4 Å². The van der Waals surface area contributed by atoms with Gasteiger partial charge in [-0.3, -0.25) is 4.79 Å². The van der Waals surface area contributed by atoms with Gasteiger partial charge >= 0.3 is 0 Å². The lowest BCUT2D eigenvalue weighted by Gasteiger charge is -2.37. The molecule has 0 unspecified atom stereocenters. The van der Waals surface area contributed by atoms with Crippen LogP contribution in [0.25, 0.3) is 0 Å². The lowest BCUT2D eigenvalue weighted by molar-refractivity contribution is -0.128. The third kappa shape index (κ3) is 2.40. The van der Waals surface area contributed by atoms with Crippen LogP contribution in [-0.2, 0) is 4.79 Å². The predicted molar refractivity (Wildman–Crippen MR) is 65.0 cm³/mol. The smallest absolute Gasteiger partial charge is 0.240 e. The lowest BCUT2D eigenvalue weighted by atomic mass is 9.82. The van der Waals surface area contributed by atoms with Crippen LogP contribution in [-0.4, -0.2) is 17.0 Å². The highest BCUT2D eigenvalue weighted by atomic mass is 16.2. The molecule has 0 aromatic carbocycles. The summed E-state index contributed by atoms with van der Waals surface area (Å²) in [5.74, 6) is 0.0920. The van der Waals surface area contributed by atoms with Crippen LogP contribution < -0.4 is 11.1 Å². The number of amides is 1. The van der Waals surface area contributed by atoms with E-state index in [1.165, 1.54) is 19.3 Å². The third-order valence-electron chi connectivity index (χ3n) is 4.32. The van der Waals surface area contributed by atoms with Gasteiger partial charge in [0, 0.05) is 5.54 Å². The van der Waals surface area contributed by atoms with Gasteiger partial charge in [0.2, 0.25) is 5.91 Å². The lowest BCUT2D eigenvalue weighted by Crippen LogP contribution is -2.58. The molecule has 0 atom stereocenters. The summed E-state index contributed by atoms with van der Waals surface area (Å²) in [6.45, 7) is 2.17. The molecular formula is C13H24N2O. The molecule has 92 valence electrons. The van der Waals surface area contributed by atoms with Crippen LogP contribution >= 0.6 is 0 Å². The zero-order valence-corrected chi connectivity index (χ0v) is 10.3. The maximum atomic E-state index is 12.2. The summed E-state index contributed by atoms with van der Waals surface area (Å²) in [6.07, 6.45) is 9.89. The largest absolute Gasteiger partial charge is 0.349 e.